The van der Waals surface area contributed by atoms with Gasteiger partial charge in [-0.05, 0) is 36.7 Å². The zero-order valence-corrected chi connectivity index (χ0v) is 12.3. The Balaban J connectivity index is 1.68. The van der Waals surface area contributed by atoms with Crippen LogP contribution in [0.2, 0.25) is 0 Å². The van der Waals surface area contributed by atoms with Gasteiger partial charge in [0.15, 0.2) is 0 Å². The standard InChI is InChI=1S/C15H21NO2S/c1-9(2)14-5-12(8-19-14)15(18)16-6-10-3-13(17)4-11(10)7-16/h5,8-11,13,17H,3-4,6-7H2,1-2H3/t10-,11+,13?. The Bertz CT molecular complexity index is 468. The molecule has 1 saturated carbocycles. The van der Waals surface area contributed by atoms with Gasteiger partial charge in [0.25, 0.3) is 5.91 Å². The minimum atomic E-state index is -0.138. The summed E-state index contributed by atoms with van der Waals surface area (Å²) in [7, 11) is 0. The molecule has 104 valence electrons. The number of fused-ring (bicyclic) bond motifs is 1. The molecule has 4 heteroatoms. The molecule has 0 aromatic carbocycles. The lowest BCUT2D eigenvalue weighted by atomic mass is 10.0. The number of thiophene rings is 1. The maximum atomic E-state index is 12.5. The van der Waals surface area contributed by atoms with Crippen molar-refractivity contribution in [3.63, 3.8) is 0 Å². The minimum Gasteiger partial charge on any atom is -0.393 e. The highest BCUT2D eigenvalue weighted by Crippen LogP contribution is 2.38. The van der Waals surface area contributed by atoms with Crippen molar-refractivity contribution in [2.75, 3.05) is 13.1 Å². The lowest BCUT2D eigenvalue weighted by Crippen LogP contribution is -2.30. The molecule has 0 radical (unpaired) electrons. The zero-order valence-electron chi connectivity index (χ0n) is 11.5. The summed E-state index contributed by atoms with van der Waals surface area (Å²) in [5.74, 6) is 1.69. The fraction of sp³-hybridized carbons (Fsp3) is 0.667. The normalized spacial score (nSPS) is 30.1. The van der Waals surface area contributed by atoms with Crippen molar-refractivity contribution >= 4 is 17.2 Å². The van der Waals surface area contributed by atoms with Gasteiger partial charge in [-0.1, -0.05) is 13.8 Å². The molecule has 1 aromatic heterocycles. The van der Waals surface area contributed by atoms with E-state index in [-0.39, 0.29) is 12.0 Å². The highest BCUT2D eigenvalue weighted by atomic mass is 32.1. The van der Waals surface area contributed by atoms with E-state index < -0.39 is 0 Å². The molecule has 3 nitrogen and oxygen atoms in total. The van der Waals surface area contributed by atoms with Crippen molar-refractivity contribution in [2.24, 2.45) is 11.8 Å². The van der Waals surface area contributed by atoms with Crippen molar-refractivity contribution < 1.29 is 9.90 Å². The monoisotopic (exact) mass is 279 g/mol. The molecule has 3 atom stereocenters. The number of aliphatic hydroxyl groups is 1. The van der Waals surface area contributed by atoms with E-state index in [1.165, 1.54) is 4.88 Å². The molecule has 0 spiro atoms. The zero-order chi connectivity index (χ0) is 13.6. The second-order valence-electron chi connectivity index (χ2n) is 6.25. The molecule has 1 unspecified atom stereocenters. The van der Waals surface area contributed by atoms with Gasteiger partial charge in [0.05, 0.1) is 11.7 Å². The summed E-state index contributed by atoms with van der Waals surface area (Å²) in [6.07, 6.45) is 1.60. The van der Waals surface area contributed by atoms with E-state index in [9.17, 15) is 9.90 Å². The quantitative estimate of drug-likeness (QED) is 0.904. The van der Waals surface area contributed by atoms with Crippen molar-refractivity contribution in [3.05, 3.63) is 21.9 Å². The van der Waals surface area contributed by atoms with Crippen LogP contribution in [0, 0.1) is 11.8 Å². The predicted molar refractivity (Wildman–Crippen MR) is 76.5 cm³/mol. The summed E-state index contributed by atoms with van der Waals surface area (Å²) in [4.78, 5) is 15.7. The molecule has 2 heterocycles. The Labute approximate surface area is 118 Å². The van der Waals surface area contributed by atoms with E-state index >= 15 is 0 Å². The molecular formula is C15H21NO2S. The summed E-state index contributed by atoms with van der Waals surface area (Å²) in [6, 6.07) is 2.04. The van der Waals surface area contributed by atoms with Crippen molar-refractivity contribution in [2.45, 2.75) is 38.7 Å². The van der Waals surface area contributed by atoms with Crippen molar-refractivity contribution in [1.82, 2.24) is 4.90 Å². The maximum Gasteiger partial charge on any atom is 0.254 e. The fourth-order valence-corrected chi connectivity index (χ4v) is 4.28. The van der Waals surface area contributed by atoms with Crippen LogP contribution in [0.5, 0.6) is 0 Å². The van der Waals surface area contributed by atoms with Crippen LogP contribution in [0.4, 0.5) is 0 Å². The molecule has 1 aromatic rings. The van der Waals surface area contributed by atoms with Gasteiger partial charge in [-0.3, -0.25) is 4.79 Å². The number of hydrogen-bond acceptors (Lipinski definition) is 3. The summed E-state index contributed by atoms with van der Waals surface area (Å²) >= 11 is 1.68. The molecule has 1 N–H and O–H groups in total. The Morgan fingerprint density at radius 1 is 1.37 bits per heavy atom. The first kappa shape index (κ1) is 13.1. The molecular weight excluding hydrogens is 258 g/mol. The number of aliphatic hydroxyl groups excluding tert-OH is 1. The summed E-state index contributed by atoms with van der Waals surface area (Å²) in [5, 5.41) is 11.6. The van der Waals surface area contributed by atoms with Crippen molar-refractivity contribution in [3.8, 4) is 0 Å². The van der Waals surface area contributed by atoms with Crippen LogP contribution in [-0.4, -0.2) is 35.1 Å². The first-order valence-corrected chi connectivity index (χ1v) is 7.98. The molecule has 1 aliphatic carbocycles. The first-order valence-electron chi connectivity index (χ1n) is 7.10. The minimum absolute atomic E-state index is 0.138. The van der Waals surface area contributed by atoms with Gasteiger partial charge in [-0.25, -0.2) is 0 Å². The smallest absolute Gasteiger partial charge is 0.254 e. The van der Waals surface area contributed by atoms with Gasteiger partial charge >= 0.3 is 0 Å². The van der Waals surface area contributed by atoms with Crippen LogP contribution >= 0.6 is 11.3 Å². The Kier molecular flexibility index (Phi) is 3.39. The molecule has 0 bridgehead atoms. The number of likely N-dealkylation sites (tertiary alicyclic amines) is 1. The van der Waals surface area contributed by atoms with Crippen LogP contribution in [0.15, 0.2) is 11.4 Å². The highest BCUT2D eigenvalue weighted by molar-refractivity contribution is 7.10. The third kappa shape index (κ3) is 2.43. The summed E-state index contributed by atoms with van der Waals surface area (Å²) in [6.45, 7) is 5.96. The van der Waals surface area contributed by atoms with Crippen LogP contribution in [0.25, 0.3) is 0 Å². The Morgan fingerprint density at radius 2 is 2.00 bits per heavy atom. The van der Waals surface area contributed by atoms with Crippen LogP contribution in [-0.2, 0) is 0 Å². The maximum absolute atomic E-state index is 12.5. The molecule has 19 heavy (non-hydrogen) atoms. The lowest BCUT2D eigenvalue weighted by Gasteiger charge is -2.17. The van der Waals surface area contributed by atoms with Gasteiger partial charge in [0.2, 0.25) is 0 Å². The number of nitrogens with zero attached hydrogens (tertiary/aromatic N) is 1. The van der Waals surface area contributed by atoms with E-state index in [0.29, 0.717) is 17.8 Å². The van der Waals surface area contributed by atoms with E-state index in [0.717, 1.165) is 31.5 Å². The summed E-state index contributed by atoms with van der Waals surface area (Å²) < 4.78 is 0. The SMILES string of the molecule is CC(C)c1cc(C(=O)N2C[C@H]3CC(O)C[C@H]3C2)cs1. The number of carbonyl (C=O) groups excluding carboxylic acids is 1. The van der Waals surface area contributed by atoms with E-state index in [1.54, 1.807) is 11.3 Å². The van der Waals surface area contributed by atoms with Gasteiger partial charge in [-0.2, -0.15) is 0 Å². The van der Waals surface area contributed by atoms with E-state index in [4.69, 9.17) is 0 Å². The van der Waals surface area contributed by atoms with Gasteiger partial charge in [0, 0.05) is 23.3 Å². The molecule has 2 fully saturated rings. The third-order valence-corrected chi connectivity index (χ3v) is 5.68. The molecule has 1 amide bonds. The molecule has 1 saturated heterocycles. The van der Waals surface area contributed by atoms with Crippen molar-refractivity contribution in [1.29, 1.82) is 0 Å². The molecule has 3 rings (SSSR count). The molecule has 1 aliphatic heterocycles. The number of hydrogen-bond donors (Lipinski definition) is 1. The van der Waals surface area contributed by atoms with Gasteiger partial charge in [0.1, 0.15) is 0 Å². The average molecular weight is 279 g/mol. The number of carbonyl (C=O) groups is 1. The molecule has 2 aliphatic rings. The average Bonchev–Trinajstić information content (AvgIpc) is 3.00. The topological polar surface area (TPSA) is 40.5 Å². The third-order valence-electron chi connectivity index (χ3n) is 4.45. The summed E-state index contributed by atoms with van der Waals surface area (Å²) in [5.41, 5.74) is 0.842. The van der Waals surface area contributed by atoms with Gasteiger partial charge < -0.3 is 10.0 Å². The van der Waals surface area contributed by atoms with E-state index in [2.05, 4.69) is 13.8 Å². The largest absolute Gasteiger partial charge is 0.393 e. The lowest BCUT2D eigenvalue weighted by molar-refractivity contribution is 0.0765. The second kappa shape index (κ2) is 4.91. The second-order valence-corrected chi connectivity index (χ2v) is 7.19. The number of rotatable bonds is 2. The Hall–Kier alpha value is -0.870. The fourth-order valence-electron chi connectivity index (χ4n) is 3.38. The van der Waals surface area contributed by atoms with Crippen LogP contribution < -0.4 is 0 Å². The first-order chi connectivity index (χ1) is 9.04. The number of amides is 1. The predicted octanol–water partition coefficient (Wildman–Crippen LogP) is 2.71. The Morgan fingerprint density at radius 3 is 2.53 bits per heavy atom. The van der Waals surface area contributed by atoms with Crippen LogP contribution in [0.1, 0.15) is 47.8 Å². The van der Waals surface area contributed by atoms with E-state index in [1.807, 2.05) is 16.3 Å². The van der Waals surface area contributed by atoms with Gasteiger partial charge in [-0.15, -0.1) is 11.3 Å². The highest BCUT2D eigenvalue weighted by Gasteiger charge is 2.41. The van der Waals surface area contributed by atoms with Crippen LogP contribution in [0.3, 0.4) is 0 Å².